The first-order chi connectivity index (χ1) is 7.67. The number of aliphatic hydroxyl groups excluding tert-OH is 1. The van der Waals surface area contributed by atoms with E-state index in [1.54, 1.807) is 0 Å². The Morgan fingerprint density at radius 1 is 1.06 bits per heavy atom. The molecule has 17 heavy (non-hydrogen) atoms. The zero-order valence-corrected chi connectivity index (χ0v) is 13.0. The fourth-order valence-electron chi connectivity index (χ4n) is 1.77. The van der Waals surface area contributed by atoms with Crippen LogP contribution in [-0.4, -0.2) is 35.2 Å². The highest BCUT2D eigenvalue weighted by atomic mass is 16.3. The zero-order valence-electron chi connectivity index (χ0n) is 13.0. The molecule has 0 heterocycles. The summed E-state index contributed by atoms with van der Waals surface area (Å²) in [5.74, 6) is 0.697. The van der Waals surface area contributed by atoms with Crippen LogP contribution in [0.25, 0.3) is 0 Å². The molecule has 0 rings (SSSR count). The van der Waals surface area contributed by atoms with Crippen molar-refractivity contribution in [1.29, 1.82) is 0 Å². The summed E-state index contributed by atoms with van der Waals surface area (Å²) in [6.45, 7) is 18.1. The van der Waals surface area contributed by atoms with Crippen LogP contribution in [0.15, 0.2) is 0 Å². The molecule has 0 saturated heterocycles. The Balaban J connectivity index is 4.47. The molecule has 0 aromatic heterocycles. The van der Waals surface area contributed by atoms with Crippen LogP contribution >= 0.6 is 0 Å². The van der Waals surface area contributed by atoms with Crippen LogP contribution < -0.4 is 0 Å². The smallest absolute Gasteiger partial charge is 0.0558 e. The van der Waals surface area contributed by atoms with Gasteiger partial charge in [0.15, 0.2) is 0 Å². The van der Waals surface area contributed by atoms with Gasteiger partial charge in [0.1, 0.15) is 0 Å². The van der Waals surface area contributed by atoms with Crippen molar-refractivity contribution < 1.29 is 5.11 Å². The first kappa shape index (κ1) is 16.9. The number of β-amino-alcohol motifs (C(OH)–C–C–N with tert-alkyl or cyclic N) is 1. The topological polar surface area (TPSA) is 23.5 Å². The molecular formula is C15H33NO. The summed E-state index contributed by atoms with van der Waals surface area (Å²) in [7, 11) is 0. The molecular weight excluding hydrogens is 210 g/mol. The van der Waals surface area contributed by atoms with Crippen molar-refractivity contribution >= 4 is 0 Å². The summed E-state index contributed by atoms with van der Waals surface area (Å²) in [4.78, 5) is 2.43. The van der Waals surface area contributed by atoms with Crippen LogP contribution in [0, 0.1) is 11.3 Å². The van der Waals surface area contributed by atoms with Crippen LogP contribution in [0.2, 0.25) is 0 Å². The van der Waals surface area contributed by atoms with Gasteiger partial charge in [-0.1, -0.05) is 34.6 Å². The van der Waals surface area contributed by atoms with Crippen LogP contribution in [-0.2, 0) is 0 Å². The number of rotatable bonds is 8. The van der Waals surface area contributed by atoms with Gasteiger partial charge in [0.25, 0.3) is 0 Å². The van der Waals surface area contributed by atoms with Gasteiger partial charge in [-0.25, -0.2) is 0 Å². The van der Waals surface area contributed by atoms with E-state index in [-0.39, 0.29) is 12.1 Å². The molecule has 0 saturated carbocycles. The predicted molar refractivity (Wildman–Crippen MR) is 76.3 cm³/mol. The van der Waals surface area contributed by atoms with Crippen LogP contribution in [0.4, 0.5) is 0 Å². The molecule has 0 spiro atoms. The molecule has 0 atom stereocenters. The van der Waals surface area contributed by atoms with Gasteiger partial charge < -0.3 is 5.11 Å². The Hall–Kier alpha value is -0.0800. The molecule has 0 bridgehead atoms. The maximum absolute atomic E-state index is 9.19. The van der Waals surface area contributed by atoms with Gasteiger partial charge in [0.2, 0.25) is 0 Å². The van der Waals surface area contributed by atoms with Crippen molar-refractivity contribution in [2.24, 2.45) is 11.3 Å². The van der Waals surface area contributed by atoms with E-state index < -0.39 is 0 Å². The summed E-state index contributed by atoms with van der Waals surface area (Å²) in [5, 5.41) is 9.19. The lowest BCUT2D eigenvalue weighted by Crippen LogP contribution is -2.46. The Bertz CT molecular complexity index is 209. The van der Waals surface area contributed by atoms with E-state index in [1.807, 2.05) is 0 Å². The molecule has 0 fully saturated rings. The Morgan fingerprint density at radius 2 is 1.59 bits per heavy atom. The van der Waals surface area contributed by atoms with Crippen molar-refractivity contribution in [3.05, 3.63) is 0 Å². The van der Waals surface area contributed by atoms with Crippen molar-refractivity contribution in [3.8, 4) is 0 Å². The molecule has 0 aliphatic rings. The Labute approximate surface area is 108 Å². The molecule has 1 N–H and O–H groups in total. The third kappa shape index (κ3) is 5.39. The normalized spacial score (nSPS) is 13.8. The SMILES string of the molecule is CCC(C)(C)N(CCO)CCC(C)(C)C(C)C. The molecule has 0 aromatic rings. The molecule has 104 valence electrons. The van der Waals surface area contributed by atoms with Crippen molar-refractivity contribution in [2.45, 2.75) is 66.8 Å². The van der Waals surface area contributed by atoms with Gasteiger partial charge in [-0.05, 0) is 44.6 Å². The average Bonchev–Trinajstić information content (AvgIpc) is 2.23. The van der Waals surface area contributed by atoms with Crippen molar-refractivity contribution in [3.63, 3.8) is 0 Å². The van der Waals surface area contributed by atoms with Crippen molar-refractivity contribution in [1.82, 2.24) is 4.90 Å². The van der Waals surface area contributed by atoms with Gasteiger partial charge in [-0.3, -0.25) is 4.90 Å². The lowest BCUT2D eigenvalue weighted by molar-refractivity contribution is 0.0684. The molecule has 0 amide bonds. The Morgan fingerprint density at radius 3 is 1.94 bits per heavy atom. The number of aliphatic hydroxyl groups is 1. The van der Waals surface area contributed by atoms with Crippen LogP contribution in [0.1, 0.15) is 61.3 Å². The maximum atomic E-state index is 9.19. The number of hydrogen-bond donors (Lipinski definition) is 1. The number of hydrogen-bond acceptors (Lipinski definition) is 2. The fourth-order valence-corrected chi connectivity index (χ4v) is 1.77. The number of nitrogens with zero attached hydrogens (tertiary/aromatic N) is 1. The highest BCUT2D eigenvalue weighted by molar-refractivity contribution is 4.82. The predicted octanol–water partition coefficient (Wildman–Crippen LogP) is 3.54. The monoisotopic (exact) mass is 243 g/mol. The van der Waals surface area contributed by atoms with Crippen LogP contribution in [0.3, 0.4) is 0 Å². The highest BCUT2D eigenvalue weighted by Crippen LogP contribution is 2.31. The molecule has 0 aromatic carbocycles. The summed E-state index contributed by atoms with van der Waals surface area (Å²) >= 11 is 0. The second-order valence-corrected chi connectivity index (χ2v) is 6.77. The fraction of sp³-hybridized carbons (Fsp3) is 1.00. The van der Waals surface area contributed by atoms with E-state index in [9.17, 15) is 5.11 Å². The van der Waals surface area contributed by atoms with Crippen molar-refractivity contribution in [2.75, 3.05) is 19.7 Å². The zero-order chi connectivity index (χ0) is 13.7. The van der Waals surface area contributed by atoms with Crippen LogP contribution in [0.5, 0.6) is 0 Å². The molecule has 0 aliphatic heterocycles. The minimum Gasteiger partial charge on any atom is -0.395 e. The van der Waals surface area contributed by atoms with Gasteiger partial charge >= 0.3 is 0 Å². The molecule has 0 aliphatic carbocycles. The van der Waals surface area contributed by atoms with E-state index in [0.717, 1.165) is 19.5 Å². The van der Waals surface area contributed by atoms with Gasteiger partial charge in [-0.2, -0.15) is 0 Å². The third-order valence-electron chi connectivity index (χ3n) is 4.68. The van der Waals surface area contributed by atoms with Gasteiger partial charge in [-0.15, -0.1) is 0 Å². The quantitative estimate of drug-likeness (QED) is 0.705. The van der Waals surface area contributed by atoms with E-state index in [0.29, 0.717) is 11.3 Å². The lowest BCUT2D eigenvalue weighted by Gasteiger charge is -2.40. The molecule has 2 heteroatoms. The summed E-state index contributed by atoms with van der Waals surface area (Å²) in [6, 6.07) is 0. The summed E-state index contributed by atoms with van der Waals surface area (Å²) < 4.78 is 0. The second-order valence-electron chi connectivity index (χ2n) is 6.77. The Kier molecular flexibility index (Phi) is 6.71. The minimum absolute atomic E-state index is 0.190. The summed E-state index contributed by atoms with van der Waals surface area (Å²) in [5.41, 5.74) is 0.563. The first-order valence-corrected chi connectivity index (χ1v) is 7.03. The summed E-state index contributed by atoms with van der Waals surface area (Å²) in [6.07, 6.45) is 2.31. The lowest BCUT2D eigenvalue weighted by atomic mass is 9.78. The van der Waals surface area contributed by atoms with Gasteiger partial charge in [0.05, 0.1) is 6.61 Å². The standard InChI is InChI=1S/C15H33NO/c1-8-15(6,7)16(11-12-17)10-9-14(4,5)13(2)3/h13,17H,8-12H2,1-7H3. The average molecular weight is 243 g/mol. The van der Waals surface area contributed by atoms with E-state index >= 15 is 0 Å². The van der Waals surface area contributed by atoms with E-state index in [2.05, 4.69) is 53.4 Å². The minimum atomic E-state index is 0.190. The molecule has 0 unspecified atom stereocenters. The van der Waals surface area contributed by atoms with Gasteiger partial charge in [0, 0.05) is 12.1 Å². The van der Waals surface area contributed by atoms with E-state index in [1.165, 1.54) is 6.42 Å². The first-order valence-electron chi connectivity index (χ1n) is 7.03. The van der Waals surface area contributed by atoms with E-state index in [4.69, 9.17) is 0 Å². The molecule has 2 nitrogen and oxygen atoms in total. The second kappa shape index (κ2) is 6.75. The highest BCUT2D eigenvalue weighted by Gasteiger charge is 2.28. The largest absolute Gasteiger partial charge is 0.395 e. The third-order valence-corrected chi connectivity index (χ3v) is 4.68. The molecule has 0 radical (unpaired) electrons. The maximum Gasteiger partial charge on any atom is 0.0558 e.